The molecule has 0 bridgehead atoms. The minimum atomic E-state index is -1.98. The van der Waals surface area contributed by atoms with Crippen molar-refractivity contribution in [1.82, 2.24) is 5.32 Å². The lowest BCUT2D eigenvalue weighted by Crippen LogP contribution is -2.66. The highest BCUT2D eigenvalue weighted by Gasteiger charge is 2.53. The molecule has 3 heterocycles. The molecule has 19 heteroatoms. The summed E-state index contributed by atoms with van der Waals surface area (Å²) < 4.78 is 34.1. The molecule has 0 aliphatic carbocycles. The van der Waals surface area contributed by atoms with Crippen molar-refractivity contribution in [3.8, 4) is 0 Å². The molecule has 488 valence electrons. The molecule has 12 N–H and O–H groups in total. The van der Waals surface area contributed by atoms with Gasteiger partial charge in [-0.25, -0.2) is 0 Å². The van der Waals surface area contributed by atoms with Gasteiger partial charge in [-0.05, 0) is 57.8 Å². The summed E-state index contributed by atoms with van der Waals surface area (Å²) in [6.07, 6.45) is 30.0. The van der Waals surface area contributed by atoms with Crippen LogP contribution in [-0.4, -0.2) is 193 Å². The summed E-state index contributed by atoms with van der Waals surface area (Å²) >= 11 is 0. The molecule has 17 atom stereocenters. The van der Waals surface area contributed by atoms with E-state index in [0.29, 0.717) is 6.42 Å². The fraction of sp³-hybridized carbons (Fsp3) is 0.831. The van der Waals surface area contributed by atoms with E-state index in [1.807, 2.05) is 6.08 Å². The number of carbonyl (C=O) groups excluding carboxylic acids is 1. The van der Waals surface area contributed by atoms with E-state index in [-0.39, 0.29) is 18.9 Å². The molecule has 17 unspecified atom stereocenters. The van der Waals surface area contributed by atoms with Gasteiger partial charge in [0, 0.05) is 6.42 Å². The third kappa shape index (κ3) is 30.1. The van der Waals surface area contributed by atoms with Crippen LogP contribution in [-0.2, 0) is 33.2 Å². The van der Waals surface area contributed by atoms with Crippen molar-refractivity contribution >= 4 is 5.91 Å². The van der Waals surface area contributed by atoms with Crippen molar-refractivity contribution in [3.05, 3.63) is 60.8 Å². The number of hydrogen-bond donors (Lipinski definition) is 12. The van der Waals surface area contributed by atoms with E-state index >= 15 is 0 Å². The smallest absolute Gasteiger partial charge is 0.220 e. The van der Waals surface area contributed by atoms with E-state index in [2.05, 4.69) is 67.8 Å². The molecular formula is C65H115NO18. The summed E-state index contributed by atoms with van der Waals surface area (Å²) in [5.41, 5.74) is 0. The SMILES string of the molecule is CC/C=C\C/C=C\C/C=C\C/C=C\CCCCCCCCCCCCCCCCCCCCCCC(=O)NC(COC1OC(CO)C(OC2OC(CO)C(OC3OC(CO)C(O)C(O)C3O)C(O)C2O)C(O)C1O)C(O)/C=C/CCCCCC. The number of unbranched alkanes of at least 4 members (excludes halogenated alkanes) is 24. The number of aliphatic hydroxyl groups excluding tert-OH is 11. The van der Waals surface area contributed by atoms with Crippen molar-refractivity contribution in [2.75, 3.05) is 26.4 Å². The van der Waals surface area contributed by atoms with Crippen molar-refractivity contribution in [1.29, 1.82) is 0 Å². The van der Waals surface area contributed by atoms with Gasteiger partial charge in [-0.3, -0.25) is 4.79 Å². The van der Waals surface area contributed by atoms with E-state index in [4.69, 9.17) is 28.4 Å². The molecule has 3 fully saturated rings. The Kier molecular flexibility index (Phi) is 42.8. The molecule has 0 aromatic rings. The minimum Gasteiger partial charge on any atom is -0.394 e. The van der Waals surface area contributed by atoms with E-state index in [9.17, 15) is 61.0 Å². The summed E-state index contributed by atoms with van der Waals surface area (Å²) in [5.74, 6) is -0.281. The van der Waals surface area contributed by atoms with Crippen LogP contribution in [0.4, 0.5) is 0 Å². The summed E-state index contributed by atoms with van der Waals surface area (Å²) in [4.78, 5) is 13.3. The number of nitrogens with one attached hydrogen (secondary N) is 1. The monoisotopic (exact) mass is 1200 g/mol. The van der Waals surface area contributed by atoms with Crippen LogP contribution in [0.2, 0.25) is 0 Å². The van der Waals surface area contributed by atoms with Crippen molar-refractivity contribution in [2.24, 2.45) is 0 Å². The highest BCUT2D eigenvalue weighted by atomic mass is 16.8. The lowest BCUT2D eigenvalue weighted by molar-refractivity contribution is -0.379. The van der Waals surface area contributed by atoms with Gasteiger partial charge < -0.3 is 89.9 Å². The van der Waals surface area contributed by atoms with Crippen LogP contribution in [0.1, 0.15) is 213 Å². The molecule has 0 spiro atoms. The Hall–Kier alpha value is -2.51. The standard InChI is InChI=1S/C65H115NO18/c1-3-5-7-9-11-12-13-14-15-16-17-18-19-20-21-22-23-24-25-26-27-28-29-30-31-32-33-34-35-36-37-39-41-43-53(71)66-48(49(70)42-40-38-10-8-6-4-2)47-79-63-59(77)56(74)61(51(45-68)81-63)84-65-60(78)57(75)62(52(46-69)82-65)83-64-58(76)55(73)54(72)50(44-67)80-64/h5,7,11-12,14-15,17-18,40,42,48-52,54-65,67-70,72-78H,3-4,6,8-10,13,16,19-39,41,43-47H2,1-2H3,(H,66,71)/b7-5-,12-11-,15-14-,18-17-,42-40+. The second-order valence-electron chi connectivity index (χ2n) is 23.2. The number of ether oxygens (including phenoxy) is 6. The van der Waals surface area contributed by atoms with Gasteiger partial charge in [0.2, 0.25) is 5.91 Å². The number of aliphatic hydroxyl groups is 11. The van der Waals surface area contributed by atoms with Crippen molar-refractivity contribution < 1.29 is 89.4 Å². The highest BCUT2D eigenvalue weighted by molar-refractivity contribution is 5.76. The van der Waals surface area contributed by atoms with Crippen molar-refractivity contribution in [2.45, 2.75) is 317 Å². The number of amides is 1. The quantitative estimate of drug-likeness (QED) is 0.0211. The number of hydrogen-bond acceptors (Lipinski definition) is 18. The summed E-state index contributed by atoms with van der Waals surface area (Å²) in [6.45, 7) is 1.51. The van der Waals surface area contributed by atoms with E-state index in [1.54, 1.807) is 6.08 Å². The average molecular weight is 1200 g/mol. The highest BCUT2D eigenvalue weighted by Crippen LogP contribution is 2.33. The van der Waals surface area contributed by atoms with Gasteiger partial charge in [-0.1, -0.05) is 209 Å². The van der Waals surface area contributed by atoms with Crippen LogP contribution < -0.4 is 5.32 Å². The topological polar surface area (TPSA) is 307 Å². The predicted octanol–water partition coefficient (Wildman–Crippen LogP) is 7.21. The van der Waals surface area contributed by atoms with Gasteiger partial charge in [0.15, 0.2) is 18.9 Å². The van der Waals surface area contributed by atoms with E-state index in [0.717, 1.165) is 77.0 Å². The zero-order valence-electron chi connectivity index (χ0n) is 51.1. The van der Waals surface area contributed by atoms with Crippen LogP contribution >= 0.6 is 0 Å². The van der Waals surface area contributed by atoms with Crippen LogP contribution in [0, 0.1) is 0 Å². The largest absolute Gasteiger partial charge is 0.394 e. The molecule has 3 aliphatic heterocycles. The fourth-order valence-electron chi connectivity index (χ4n) is 10.8. The summed E-state index contributed by atoms with van der Waals surface area (Å²) in [5, 5.41) is 120. The van der Waals surface area contributed by atoms with Gasteiger partial charge in [-0.15, -0.1) is 0 Å². The van der Waals surface area contributed by atoms with Crippen LogP contribution in [0.25, 0.3) is 0 Å². The fourth-order valence-corrected chi connectivity index (χ4v) is 10.8. The second kappa shape index (κ2) is 47.5. The molecule has 19 nitrogen and oxygen atoms in total. The Morgan fingerprint density at radius 2 is 0.821 bits per heavy atom. The second-order valence-corrected chi connectivity index (χ2v) is 23.2. The van der Waals surface area contributed by atoms with Gasteiger partial charge in [0.05, 0.1) is 38.6 Å². The number of allylic oxidation sites excluding steroid dienone is 9. The lowest BCUT2D eigenvalue weighted by atomic mass is 9.96. The van der Waals surface area contributed by atoms with Crippen LogP contribution in [0.3, 0.4) is 0 Å². The molecule has 0 aromatic heterocycles. The zero-order chi connectivity index (χ0) is 61.2. The molecule has 0 radical (unpaired) electrons. The Labute approximate surface area is 503 Å². The zero-order valence-corrected chi connectivity index (χ0v) is 51.1. The molecule has 3 saturated heterocycles. The lowest BCUT2D eigenvalue weighted by Gasteiger charge is -2.48. The predicted molar refractivity (Wildman–Crippen MR) is 323 cm³/mol. The maximum atomic E-state index is 13.3. The Morgan fingerprint density at radius 1 is 0.440 bits per heavy atom. The minimum absolute atomic E-state index is 0.243. The normalized spacial score (nSPS) is 29.6. The Balaban J connectivity index is 1.29. The molecule has 0 aromatic carbocycles. The first-order chi connectivity index (χ1) is 40.8. The van der Waals surface area contributed by atoms with Crippen LogP contribution in [0.5, 0.6) is 0 Å². The maximum absolute atomic E-state index is 13.3. The third-order valence-corrected chi connectivity index (χ3v) is 16.1. The summed E-state index contributed by atoms with van der Waals surface area (Å²) in [6, 6.07) is -0.969. The third-order valence-electron chi connectivity index (χ3n) is 16.1. The average Bonchev–Trinajstić information content (AvgIpc) is 2.27. The van der Waals surface area contributed by atoms with Gasteiger partial charge in [0.25, 0.3) is 0 Å². The summed E-state index contributed by atoms with van der Waals surface area (Å²) in [7, 11) is 0. The van der Waals surface area contributed by atoms with Gasteiger partial charge in [-0.2, -0.15) is 0 Å². The molecule has 0 saturated carbocycles. The number of rotatable bonds is 48. The maximum Gasteiger partial charge on any atom is 0.220 e. The first-order valence-electron chi connectivity index (χ1n) is 32.5. The Bertz CT molecular complexity index is 1770. The first-order valence-corrected chi connectivity index (χ1v) is 32.5. The van der Waals surface area contributed by atoms with Crippen molar-refractivity contribution in [3.63, 3.8) is 0 Å². The van der Waals surface area contributed by atoms with Gasteiger partial charge in [0.1, 0.15) is 73.2 Å². The molecular weight excluding hydrogens is 1080 g/mol. The van der Waals surface area contributed by atoms with E-state index in [1.165, 1.54) is 109 Å². The molecule has 84 heavy (non-hydrogen) atoms. The molecule has 3 aliphatic rings. The Morgan fingerprint density at radius 3 is 1.29 bits per heavy atom. The van der Waals surface area contributed by atoms with E-state index < -0.39 is 124 Å². The number of carbonyl (C=O) groups is 1. The van der Waals surface area contributed by atoms with Crippen LogP contribution in [0.15, 0.2) is 60.8 Å². The first kappa shape index (κ1) is 75.7. The molecule has 3 rings (SSSR count). The van der Waals surface area contributed by atoms with Gasteiger partial charge >= 0.3 is 0 Å². The molecule has 1 amide bonds.